The van der Waals surface area contributed by atoms with E-state index in [0.29, 0.717) is 25.2 Å². The predicted molar refractivity (Wildman–Crippen MR) is 83.5 cm³/mol. The Bertz CT molecular complexity index is 509. The monoisotopic (exact) mass is 290 g/mol. The van der Waals surface area contributed by atoms with Gasteiger partial charge >= 0.3 is 12.0 Å². The number of hydrogen-bond acceptors (Lipinski definition) is 2. The molecule has 0 aliphatic heterocycles. The lowest BCUT2D eigenvalue weighted by Crippen LogP contribution is -2.35. The molecule has 5 heteroatoms. The maximum Gasteiger partial charge on any atom is 0.322 e. The van der Waals surface area contributed by atoms with Gasteiger partial charge in [0.2, 0.25) is 0 Å². The van der Waals surface area contributed by atoms with Crippen molar-refractivity contribution in [1.82, 2.24) is 4.90 Å². The first kappa shape index (κ1) is 16.8. The second-order valence-corrected chi connectivity index (χ2v) is 4.99. The van der Waals surface area contributed by atoms with Gasteiger partial charge in [-0.1, -0.05) is 24.3 Å². The Balaban J connectivity index is 2.59. The highest BCUT2D eigenvalue weighted by Crippen LogP contribution is 2.12. The first-order valence-corrected chi connectivity index (χ1v) is 6.93. The smallest absolute Gasteiger partial charge is 0.322 e. The van der Waals surface area contributed by atoms with E-state index in [1.165, 1.54) is 0 Å². The molecular weight excluding hydrogens is 268 g/mol. The number of aliphatic carboxylic acids is 1. The van der Waals surface area contributed by atoms with Crippen molar-refractivity contribution in [1.29, 1.82) is 0 Å². The number of hydrogen-bond donors (Lipinski definition) is 2. The predicted octanol–water partition coefficient (Wildman–Crippen LogP) is 3.13. The minimum Gasteiger partial charge on any atom is -0.481 e. The maximum absolute atomic E-state index is 12.1. The van der Waals surface area contributed by atoms with Crippen LogP contribution < -0.4 is 5.32 Å². The van der Waals surface area contributed by atoms with E-state index in [9.17, 15) is 9.59 Å². The molecule has 1 rings (SSSR count). The largest absolute Gasteiger partial charge is 0.481 e. The number of aryl methyl sites for hydroxylation is 1. The lowest BCUT2D eigenvalue weighted by atomic mass is 10.1. The molecule has 0 radical (unpaired) electrons. The molecule has 5 nitrogen and oxygen atoms in total. The molecule has 2 N–H and O–H groups in total. The van der Waals surface area contributed by atoms with E-state index in [2.05, 4.69) is 11.9 Å². The van der Waals surface area contributed by atoms with Crippen molar-refractivity contribution in [3.63, 3.8) is 0 Å². The van der Waals surface area contributed by atoms with Gasteiger partial charge in [0.05, 0.1) is 0 Å². The molecule has 0 saturated carbocycles. The third-order valence-corrected chi connectivity index (χ3v) is 2.96. The summed E-state index contributed by atoms with van der Waals surface area (Å²) in [5, 5.41) is 11.5. The number of benzene rings is 1. The van der Waals surface area contributed by atoms with E-state index < -0.39 is 5.97 Å². The Hall–Kier alpha value is -2.30. The van der Waals surface area contributed by atoms with Gasteiger partial charge in [0.25, 0.3) is 0 Å². The van der Waals surface area contributed by atoms with Crippen LogP contribution in [0.4, 0.5) is 10.5 Å². The molecule has 0 aliphatic rings. The zero-order chi connectivity index (χ0) is 15.8. The van der Waals surface area contributed by atoms with E-state index in [1.54, 1.807) is 17.0 Å². The number of carboxylic acid groups (broad SMARTS) is 1. The summed E-state index contributed by atoms with van der Waals surface area (Å²) in [4.78, 5) is 24.3. The van der Waals surface area contributed by atoms with Crippen LogP contribution >= 0.6 is 0 Å². The Morgan fingerprint density at radius 3 is 2.38 bits per heavy atom. The van der Waals surface area contributed by atoms with Gasteiger partial charge in [-0.25, -0.2) is 4.79 Å². The van der Waals surface area contributed by atoms with Crippen LogP contribution in [0.25, 0.3) is 0 Å². The van der Waals surface area contributed by atoms with Crippen LogP contribution in [0.15, 0.2) is 36.4 Å². The van der Waals surface area contributed by atoms with Crippen LogP contribution in [0.5, 0.6) is 0 Å². The number of urea groups is 1. The van der Waals surface area contributed by atoms with Crippen molar-refractivity contribution in [3.8, 4) is 0 Å². The standard InChI is InChI=1S/C16H22N2O3/c1-4-18(11-12(2)3)16(21)17-14-8-5-13(6-9-14)7-10-15(19)20/h5-6,8-9H,2,4,7,10-11H2,1,3H3,(H,17,21)(H,19,20). The van der Waals surface area contributed by atoms with E-state index in [4.69, 9.17) is 5.11 Å². The van der Waals surface area contributed by atoms with E-state index in [1.807, 2.05) is 26.0 Å². The zero-order valence-electron chi connectivity index (χ0n) is 12.6. The summed E-state index contributed by atoms with van der Waals surface area (Å²) in [6.45, 7) is 8.74. The lowest BCUT2D eigenvalue weighted by Gasteiger charge is -2.21. The van der Waals surface area contributed by atoms with Crippen molar-refractivity contribution < 1.29 is 14.7 Å². The Morgan fingerprint density at radius 1 is 1.29 bits per heavy atom. The minimum atomic E-state index is -0.814. The first-order chi connectivity index (χ1) is 9.92. The molecule has 1 aromatic rings. The van der Waals surface area contributed by atoms with Crippen molar-refractivity contribution in [2.24, 2.45) is 0 Å². The Morgan fingerprint density at radius 2 is 1.90 bits per heavy atom. The third kappa shape index (κ3) is 6.12. The molecule has 0 aliphatic carbocycles. The van der Waals surface area contributed by atoms with Crippen LogP contribution in [-0.4, -0.2) is 35.1 Å². The average Bonchev–Trinajstić information content (AvgIpc) is 2.43. The minimum absolute atomic E-state index is 0.105. The van der Waals surface area contributed by atoms with Crippen LogP contribution in [0.2, 0.25) is 0 Å². The summed E-state index contributed by atoms with van der Waals surface area (Å²) in [6.07, 6.45) is 0.592. The van der Waals surface area contributed by atoms with Crippen molar-refractivity contribution >= 4 is 17.7 Å². The number of anilines is 1. The topological polar surface area (TPSA) is 69.6 Å². The van der Waals surface area contributed by atoms with Crippen LogP contribution in [0.3, 0.4) is 0 Å². The van der Waals surface area contributed by atoms with Crippen LogP contribution in [0, 0.1) is 0 Å². The van der Waals surface area contributed by atoms with Gasteiger partial charge in [-0.2, -0.15) is 0 Å². The summed E-state index contributed by atoms with van der Waals surface area (Å²) in [7, 11) is 0. The van der Waals surface area contributed by atoms with E-state index >= 15 is 0 Å². The molecule has 0 heterocycles. The number of likely N-dealkylation sites (N-methyl/N-ethyl adjacent to an activating group) is 1. The molecule has 0 bridgehead atoms. The molecule has 0 fully saturated rings. The van der Waals surface area contributed by atoms with Crippen molar-refractivity contribution in [2.45, 2.75) is 26.7 Å². The molecular formula is C16H22N2O3. The Kier molecular flexibility index (Phi) is 6.46. The Labute approximate surface area is 125 Å². The molecule has 0 unspecified atom stereocenters. The number of nitrogens with one attached hydrogen (secondary N) is 1. The van der Waals surface area contributed by atoms with Gasteiger partial charge in [0.15, 0.2) is 0 Å². The summed E-state index contributed by atoms with van der Waals surface area (Å²) >= 11 is 0. The quantitative estimate of drug-likeness (QED) is 0.758. The average molecular weight is 290 g/mol. The normalized spacial score (nSPS) is 10.0. The third-order valence-electron chi connectivity index (χ3n) is 2.96. The molecule has 1 aromatic carbocycles. The van der Waals surface area contributed by atoms with Gasteiger partial charge in [0, 0.05) is 25.2 Å². The highest BCUT2D eigenvalue weighted by atomic mass is 16.4. The molecule has 21 heavy (non-hydrogen) atoms. The zero-order valence-corrected chi connectivity index (χ0v) is 12.6. The molecule has 2 amide bonds. The number of carbonyl (C=O) groups is 2. The van der Waals surface area contributed by atoms with Gasteiger partial charge < -0.3 is 15.3 Å². The van der Waals surface area contributed by atoms with Crippen molar-refractivity contribution in [2.75, 3.05) is 18.4 Å². The summed E-state index contributed by atoms with van der Waals surface area (Å²) in [6, 6.07) is 7.05. The molecule has 0 aromatic heterocycles. The number of amides is 2. The van der Waals surface area contributed by atoms with Crippen molar-refractivity contribution in [3.05, 3.63) is 42.0 Å². The van der Waals surface area contributed by atoms with Gasteiger partial charge in [-0.3, -0.25) is 4.79 Å². The number of carboxylic acids is 1. The maximum atomic E-state index is 12.1. The fourth-order valence-corrected chi connectivity index (χ4v) is 1.86. The summed E-state index contributed by atoms with van der Waals surface area (Å²) in [5.74, 6) is -0.814. The molecule has 0 atom stereocenters. The fraction of sp³-hybridized carbons (Fsp3) is 0.375. The summed E-state index contributed by atoms with van der Waals surface area (Å²) < 4.78 is 0. The van der Waals surface area contributed by atoms with Crippen LogP contribution in [0.1, 0.15) is 25.8 Å². The highest BCUT2D eigenvalue weighted by molar-refractivity contribution is 5.89. The number of nitrogens with zero attached hydrogens (tertiary/aromatic N) is 1. The van der Waals surface area contributed by atoms with E-state index in [0.717, 1.165) is 11.1 Å². The lowest BCUT2D eigenvalue weighted by molar-refractivity contribution is -0.136. The number of carbonyl (C=O) groups excluding carboxylic acids is 1. The van der Waals surface area contributed by atoms with Gasteiger partial charge in [-0.05, 0) is 38.0 Å². The van der Waals surface area contributed by atoms with Gasteiger partial charge in [-0.15, -0.1) is 0 Å². The fourth-order valence-electron chi connectivity index (χ4n) is 1.86. The van der Waals surface area contributed by atoms with Crippen LogP contribution in [-0.2, 0) is 11.2 Å². The number of rotatable bonds is 7. The molecule has 0 spiro atoms. The molecule has 0 saturated heterocycles. The van der Waals surface area contributed by atoms with Gasteiger partial charge in [0.1, 0.15) is 0 Å². The first-order valence-electron chi connectivity index (χ1n) is 6.93. The second-order valence-electron chi connectivity index (χ2n) is 4.99. The highest BCUT2D eigenvalue weighted by Gasteiger charge is 2.11. The SMILES string of the molecule is C=C(C)CN(CC)C(=O)Nc1ccc(CCC(=O)O)cc1. The second kappa shape index (κ2) is 8.09. The van der Waals surface area contributed by atoms with E-state index in [-0.39, 0.29) is 12.5 Å². The summed E-state index contributed by atoms with van der Waals surface area (Å²) in [5.41, 5.74) is 2.56. The molecule has 114 valence electrons.